The summed E-state index contributed by atoms with van der Waals surface area (Å²) in [6.45, 7) is 3.51. The molecule has 0 heterocycles. The SMILES string of the molecule is CCS(=O)(=O)NCCC(C)O. The van der Waals surface area contributed by atoms with Crippen LogP contribution < -0.4 is 4.72 Å². The molecule has 0 aromatic rings. The van der Waals surface area contributed by atoms with E-state index in [0.29, 0.717) is 13.0 Å². The van der Waals surface area contributed by atoms with E-state index >= 15 is 0 Å². The van der Waals surface area contributed by atoms with Crippen molar-refractivity contribution >= 4 is 10.0 Å². The lowest BCUT2D eigenvalue weighted by Gasteiger charge is -2.05. The molecule has 0 saturated heterocycles. The van der Waals surface area contributed by atoms with Gasteiger partial charge in [-0.3, -0.25) is 0 Å². The van der Waals surface area contributed by atoms with E-state index in [9.17, 15) is 8.42 Å². The van der Waals surface area contributed by atoms with Crippen molar-refractivity contribution in [2.45, 2.75) is 26.4 Å². The van der Waals surface area contributed by atoms with Crippen molar-refractivity contribution in [3.63, 3.8) is 0 Å². The Morgan fingerprint density at radius 3 is 2.45 bits per heavy atom. The third-order valence-corrected chi connectivity index (χ3v) is 2.67. The highest BCUT2D eigenvalue weighted by Gasteiger charge is 2.05. The lowest BCUT2D eigenvalue weighted by Crippen LogP contribution is -2.27. The highest BCUT2D eigenvalue weighted by atomic mass is 32.2. The van der Waals surface area contributed by atoms with E-state index in [2.05, 4.69) is 4.72 Å². The van der Waals surface area contributed by atoms with Gasteiger partial charge >= 0.3 is 0 Å². The Labute approximate surface area is 67.7 Å². The number of hydrogen-bond acceptors (Lipinski definition) is 3. The van der Waals surface area contributed by atoms with Crippen LogP contribution in [0, 0.1) is 0 Å². The van der Waals surface area contributed by atoms with Crippen LogP contribution in [0.3, 0.4) is 0 Å². The first-order valence-electron chi connectivity index (χ1n) is 3.63. The molecule has 4 nitrogen and oxygen atoms in total. The summed E-state index contributed by atoms with van der Waals surface area (Å²) >= 11 is 0. The van der Waals surface area contributed by atoms with Gasteiger partial charge in [0, 0.05) is 6.54 Å². The molecule has 0 saturated carbocycles. The fraction of sp³-hybridized carbons (Fsp3) is 1.00. The van der Waals surface area contributed by atoms with Gasteiger partial charge in [0.15, 0.2) is 0 Å². The Balaban J connectivity index is 3.55. The van der Waals surface area contributed by atoms with Crippen LogP contribution in [-0.2, 0) is 10.0 Å². The first-order valence-corrected chi connectivity index (χ1v) is 5.28. The van der Waals surface area contributed by atoms with E-state index in [4.69, 9.17) is 5.11 Å². The molecule has 5 heteroatoms. The molecule has 0 radical (unpaired) electrons. The number of rotatable bonds is 5. The minimum absolute atomic E-state index is 0.0901. The summed E-state index contributed by atoms with van der Waals surface area (Å²) in [5, 5.41) is 8.79. The van der Waals surface area contributed by atoms with Crippen LogP contribution in [0.2, 0.25) is 0 Å². The van der Waals surface area contributed by atoms with E-state index < -0.39 is 16.1 Å². The molecule has 0 aromatic heterocycles. The summed E-state index contributed by atoms with van der Waals surface area (Å²) < 4.78 is 23.9. The van der Waals surface area contributed by atoms with Crippen molar-refractivity contribution in [1.29, 1.82) is 0 Å². The minimum atomic E-state index is -3.08. The third-order valence-electron chi connectivity index (χ3n) is 1.26. The van der Waals surface area contributed by atoms with Crippen LogP contribution in [0.1, 0.15) is 20.3 Å². The molecule has 68 valence electrons. The van der Waals surface area contributed by atoms with E-state index in [0.717, 1.165) is 0 Å². The molecule has 1 atom stereocenters. The van der Waals surface area contributed by atoms with Gasteiger partial charge in [-0.2, -0.15) is 0 Å². The van der Waals surface area contributed by atoms with Gasteiger partial charge in [0.1, 0.15) is 0 Å². The van der Waals surface area contributed by atoms with Gasteiger partial charge in [0.05, 0.1) is 11.9 Å². The quantitative estimate of drug-likeness (QED) is 0.612. The van der Waals surface area contributed by atoms with Gasteiger partial charge < -0.3 is 5.11 Å². The van der Waals surface area contributed by atoms with Crippen LogP contribution in [0.4, 0.5) is 0 Å². The van der Waals surface area contributed by atoms with Crippen LogP contribution in [0.25, 0.3) is 0 Å². The fourth-order valence-electron chi connectivity index (χ4n) is 0.525. The summed E-state index contributed by atoms with van der Waals surface area (Å²) in [7, 11) is -3.08. The number of nitrogens with one attached hydrogen (secondary N) is 1. The average molecular weight is 181 g/mol. The molecule has 0 amide bonds. The lowest BCUT2D eigenvalue weighted by molar-refractivity contribution is 0.186. The molecule has 0 aliphatic carbocycles. The summed E-state index contributed by atoms with van der Waals surface area (Å²) in [6.07, 6.45) is 0.00808. The summed E-state index contributed by atoms with van der Waals surface area (Å²) in [4.78, 5) is 0. The Bertz CT molecular complexity index is 186. The van der Waals surface area contributed by atoms with Crippen molar-refractivity contribution in [3.05, 3.63) is 0 Å². The van der Waals surface area contributed by atoms with Crippen LogP contribution in [0.5, 0.6) is 0 Å². The zero-order valence-electron chi connectivity index (χ0n) is 6.87. The average Bonchev–Trinajstić information content (AvgIpc) is 1.87. The first kappa shape index (κ1) is 10.9. The highest BCUT2D eigenvalue weighted by molar-refractivity contribution is 7.89. The summed E-state index contributed by atoms with van der Waals surface area (Å²) in [6, 6.07) is 0. The third kappa shape index (κ3) is 6.28. The van der Waals surface area contributed by atoms with E-state index in [1.54, 1.807) is 13.8 Å². The molecular weight excluding hydrogens is 166 g/mol. The molecule has 0 bridgehead atoms. The molecule has 0 rings (SSSR count). The number of hydrogen-bond donors (Lipinski definition) is 2. The zero-order valence-corrected chi connectivity index (χ0v) is 7.69. The maximum atomic E-state index is 10.8. The maximum Gasteiger partial charge on any atom is 0.211 e. The first-order chi connectivity index (χ1) is 4.98. The Morgan fingerprint density at radius 1 is 1.55 bits per heavy atom. The zero-order chi connectivity index (χ0) is 8.91. The monoisotopic (exact) mass is 181 g/mol. The largest absolute Gasteiger partial charge is 0.393 e. The summed E-state index contributed by atoms with van der Waals surface area (Å²) in [5.74, 6) is 0.0901. The maximum absolute atomic E-state index is 10.8. The Hall–Kier alpha value is -0.130. The van der Waals surface area contributed by atoms with Crippen molar-refractivity contribution in [3.8, 4) is 0 Å². The molecule has 2 N–H and O–H groups in total. The van der Waals surface area contributed by atoms with E-state index in [1.165, 1.54) is 0 Å². The highest BCUT2D eigenvalue weighted by Crippen LogP contribution is 1.88. The second kappa shape index (κ2) is 4.69. The van der Waals surface area contributed by atoms with Gasteiger partial charge in [0.25, 0.3) is 0 Å². The number of aliphatic hydroxyl groups is 1. The van der Waals surface area contributed by atoms with E-state index in [1.807, 2.05) is 0 Å². The van der Waals surface area contributed by atoms with Gasteiger partial charge in [-0.25, -0.2) is 13.1 Å². The normalized spacial score (nSPS) is 14.8. The fourth-order valence-corrected chi connectivity index (χ4v) is 1.16. The minimum Gasteiger partial charge on any atom is -0.393 e. The van der Waals surface area contributed by atoms with Gasteiger partial charge in [-0.15, -0.1) is 0 Å². The van der Waals surface area contributed by atoms with Crippen LogP contribution in [-0.4, -0.2) is 31.9 Å². The Morgan fingerprint density at radius 2 is 2.09 bits per heavy atom. The molecule has 0 aliphatic heterocycles. The molecule has 11 heavy (non-hydrogen) atoms. The molecular formula is C6H15NO3S. The van der Waals surface area contributed by atoms with Gasteiger partial charge in [-0.1, -0.05) is 0 Å². The number of aliphatic hydroxyl groups excluding tert-OH is 1. The standard InChI is InChI=1S/C6H15NO3S/c1-3-11(9,10)7-5-4-6(2)8/h6-8H,3-5H2,1-2H3. The second-order valence-electron chi connectivity index (χ2n) is 2.44. The lowest BCUT2D eigenvalue weighted by atomic mass is 10.3. The second-order valence-corrected chi connectivity index (χ2v) is 4.53. The van der Waals surface area contributed by atoms with Gasteiger partial charge in [-0.05, 0) is 20.3 Å². The van der Waals surface area contributed by atoms with Crippen LogP contribution >= 0.6 is 0 Å². The van der Waals surface area contributed by atoms with E-state index in [-0.39, 0.29) is 5.75 Å². The van der Waals surface area contributed by atoms with Crippen molar-refractivity contribution in [1.82, 2.24) is 4.72 Å². The number of sulfonamides is 1. The molecule has 0 spiro atoms. The topological polar surface area (TPSA) is 66.4 Å². The van der Waals surface area contributed by atoms with Crippen molar-refractivity contribution in [2.75, 3.05) is 12.3 Å². The molecule has 1 unspecified atom stereocenters. The van der Waals surface area contributed by atoms with Gasteiger partial charge in [0.2, 0.25) is 10.0 Å². The molecule has 0 aromatic carbocycles. The Kier molecular flexibility index (Phi) is 4.63. The smallest absolute Gasteiger partial charge is 0.211 e. The van der Waals surface area contributed by atoms with Crippen molar-refractivity contribution in [2.24, 2.45) is 0 Å². The molecule has 0 aliphatic rings. The molecule has 0 fully saturated rings. The predicted octanol–water partition coefficient (Wildman–Crippen LogP) is -0.303. The predicted molar refractivity (Wildman–Crippen MR) is 43.8 cm³/mol. The van der Waals surface area contributed by atoms with Crippen molar-refractivity contribution < 1.29 is 13.5 Å². The van der Waals surface area contributed by atoms with Crippen LogP contribution in [0.15, 0.2) is 0 Å². The summed E-state index contributed by atoms with van der Waals surface area (Å²) in [5.41, 5.74) is 0.